The zero-order valence-electron chi connectivity index (χ0n) is 24.6. The number of imide groups is 1. The number of fused-ring (bicyclic) bond motifs is 3. The molecule has 3 aromatic rings. The van der Waals surface area contributed by atoms with Crippen LogP contribution in [0, 0.1) is 5.92 Å². The van der Waals surface area contributed by atoms with Crippen LogP contribution in [0.3, 0.4) is 0 Å². The van der Waals surface area contributed by atoms with Crippen molar-refractivity contribution in [3.05, 3.63) is 65.2 Å². The normalized spacial score (nSPS) is 27.7. The number of alkyl halides is 2. The fraction of sp³-hybridized carbons (Fsp3) is 0.455. The lowest BCUT2D eigenvalue weighted by Gasteiger charge is -2.29. The van der Waals surface area contributed by atoms with Crippen LogP contribution in [-0.4, -0.2) is 89.5 Å². The quantitative estimate of drug-likeness (QED) is 0.421. The van der Waals surface area contributed by atoms with Crippen LogP contribution in [0.4, 0.5) is 14.6 Å². The van der Waals surface area contributed by atoms with E-state index in [1.807, 2.05) is 30.3 Å². The van der Waals surface area contributed by atoms with E-state index in [-0.39, 0.29) is 43.5 Å². The molecule has 5 aliphatic rings. The number of pyridine rings is 1. The molecule has 1 aromatic heterocycles. The number of halogens is 2. The van der Waals surface area contributed by atoms with Gasteiger partial charge < -0.3 is 19.3 Å². The highest BCUT2D eigenvalue weighted by Gasteiger charge is 2.50. The molecule has 12 heteroatoms. The number of hydrogen-bond acceptors (Lipinski definition) is 8. The van der Waals surface area contributed by atoms with Crippen molar-refractivity contribution < 1.29 is 32.6 Å². The standard InChI is InChI=1S/C33H33F2N5O5/c34-33(35)18-38(13-19-1-5-25-20(11-19)2-7-29(36-25)39-14-21-9-10-44-27(21)16-39)17-28(33)45-23-3-4-24-22(12-23)15-40(32(24)43)26-6-8-30(41)37-31(26)42/h1-5,7,11-12,21,26-28H,6,8-10,13-18H2,(H,37,41,42)/t21-,26-,27+,28+/m0/s1. The summed E-state index contributed by atoms with van der Waals surface area (Å²) < 4.78 is 42.0. The third kappa shape index (κ3) is 5.19. The van der Waals surface area contributed by atoms with Crippen LogP contribution < -0.4 is 15.0 Å². The summed E-state index contributed by atoms with van der Waals surface area (Å²) in [5.41, 5.74) is 2.80. The highest BCUT2D eigenvalue weighted by molar-refractivity contribution is 6.05. The smallest absolute Gasteiger partial charge is 0.297 e. The Morgan fingerprint density at radius 2 is 1.91 bits per heavy atom. The first kappa shape index (κ1) is 28.3. The van der Waals surface area contributed by atoms with Crippen LogP contribution in [0.1, 0.15) is 40.7 Å². The summed E-state index contributed by atoms with van der Waals surface area (Å²) in [6.07, 6.45) is 0.442. The number of aromatic nitrogens is 1. The van der Waals surface area contributed by atoms with Gasteiger partial charge in [-0.1, -0.05) is 6.07 Å². The predicted octanol–water partition coefficient (Wildman–Crippen LogP) is 3.12. The first-order valence-corrected chi connectivity index (χ1v) is 15.5. The molecule has 0 bridgehead atoms. The minimum atomic E-state index is -3.07. The van der Waals surface area contributed by atoms with Crippen molar-refractivity contribution in [1.82, 2.24) is 20.1 Å². The Morgan fingerprint density at radius 1 is 1.02 bits per heavy atom. The van der Waals surface area contributed by atoms with E-state index in [4.69, 9.17) is 14.5 Å². The highest BCUT2D eigenvalue weighted by Crippen LogP contribution is 2.36. The van der Waals surface area contributed by atoms with Crippen molar-refractivity contribution in [2.24, 2.45) is 5.92 Å². The lowest BCUT2D eigenvalue weighted by molar-refractivity contribution is -0.136. The molecule has 4 saturated heterocycles. The molecule has 1 N–H and O–H groups in total. The van der Waals surface area contributed by atoms with Crippen molar-refractivity contribution >= 4 is 34.4 Å². The van der Waals surface area contributed by atoms with Crippen LogP contribution in [0.2, 0.25) is 0 Å². The summed E-state index contributed by atoms with van der Waals surface area (Å²) >= 11 is 0. The molecule has 0 spiro atoms. The predicted molar refractivity (Wildman–Crippen MR) is 159 cm³/mol. The van der Waals surface area contributed by atoms with Crippen LogP contribution in [0.5, 0.6) is 5.75 Å². The molecule has 0 unspecified atom stereocenters. The number of ether oxygens (including phenoxy) is 2. The number of nitrogens with zero attached hydrogens (tertiary/aromatic N) is 4. The van der Waals surface area contributed by atoms with Gasteiger partial charge in [-0.05, 0) is 66.4 Å². The fourth-order valence-corrected chi connectivity index (χ4v) is 7.43. The lowest BCUT2D eigenvalue weighted by Crippen LogP contribution is -2.52. The van der Waals surface area contributed by atoms with Crippen molar-refractivity contribution in [3.63, 3.8) is 0 Å². The largest absolute Gasteiger partial charge is 0.483 e. The number of anilines is 1. The minimum Gasteiger partial charge on any atom is -0.483 e. The van der Waals surface area contributed by atoms with Crippen molar-refractivity contribution in [2.75, 3.05) is 37.7 Å². The van der Waals surface area contributed by atoms with Crippen molar-refractivity contribution in [2.45, 2.75) is 56.5 Å². The second-order valence-corrected chi connectivity index (χ2v) is 12.8. The van der Waals surface area contributed by atoms with Gasteiger partial charge in [-0.2, -0.15) is 0 Å². The number of nitrogens with one attached hydrogen (secondary N) is 1. The van der Waals surface area contributed by atoms with Crippen LogP contribution in [-0.2, 0) is 27.4 Å². The Balaban J connectivity index is 0.916. The summed E-state index contributed by atoms with van der Waals surface area (Å²) in [7, 11) is 0. The van der Waals surface area contributed by atoms with Crippen LogP contribution in [0.25, 0.3) is 10.9 Å². The summed E-state index contributed by atoms with van der Waals surface area (Å²) in [4.78, 5) is 47.1. The van der Waals surface area contributed by atoms with Gasteiger partial charge in [0.1, 0.15) is 17.6 Å². The van der Waals surface area contributed by atoms with Gasteiger partial charge in [-0.3, -0.25) is 24.6 Å². The number of rotatable bonds is 6. The van der Waals surface area contributed by atoms with E-state index in [0.717, 1.165) is 48.4 Å². The number of amides is 3. The molecule has 10 nitrogen and oxygen atoms in total. The molecule has 0 aliphatic carbocycles. The molecule has 8 rings (SSSR count). The summed E-state index contributed by atoms with van der Waals surface area (Å²) in [6.45, 7) is 2.77. The van der Waals surface area contributed by atoms with Crippen molar-refractivity contribution in [3.8, 4) is 5.75 Å². The number of benzene rings is 2. The molecular weight excluding hydrogens is 584 g/mol. The van der Waals surface area contributed by atoms with E-state index < -0.39 is 30.5 Å². The van der Waals surface area contributed by atoms with Crippen LogP contribution in [0.15, 0.2) is 48.5 Å². The first-order chi connectivity index (χ1) is 21.7. The third-order valence-electron chi connectivity index (χ3n) is 9.77. The zero-order chi connectivity index (χ0) is 30.9. The van der Waals surface area contributed by atoms with E-state index in [9.17, 15) is 14.4 Å². The van der Waals surface area contributed by atoms with Gasteiger partial charge in [0, 0.05) is 62.6 Å². The van der Waals surface area contributed by atoms with E-state index in [2.05, 4.69) is 10.2 Å². The van der Waals surface area contributed by atoms with E-state index in [0.29, 0.717) is 29.7 Å². The van der Waals surface area contributed by atoms with Gasteiger partial charge in [0.05, 0.1) is 18.2 Å². The molecule has 2 aromatic carbocycles. The average molecular weight is 618 g/mol. The van der Waals surface area contributed by atoms with Gasteiger partial charge >= 0.3 is 0 Å². The Labute approximate surface area is 258 Å². The molecule has 6 heterocycles. The fourth-order valence-electron chi connectivity index (χ4n) is 7.43. The summed E-state index contributed by atoms with van der Waals surface area (Å²) in [6, 6.07) is 13.9. The Morgan fingerprint density at radius 3 is 2.76 bits per heavy atom. The van der Waals surface area contributed by atoms with Crippen molar-refractivity contribution in [1.29, 1.82) is 0 Å². The average Bonchev–Trinajstić information content (AvgIpc) is 3.75. The Kier molecular flexibility index (Phi) is 6.75. The molecular formula is C33H33F2N5O5. The van der Waals surface area contributed by atoms with Gasteiger partial charge in [0.25, 0.3) is 11.8 Å². The monoisotopic (exact) mass is 617 g/mol. The van der Waals surface area contributed by atoms with E-state index in [1.165, 1.54) is 11.0 Å². The number of likely N-dealkylation sites (tertiary alicyclic amines) is 1. The number of carbonyl (C=O) groups is 3. The number of carbonyl (C=O) groups excluding carboxylic acids is 3. The van der Waals surface area contributed by atoms with E-state index >= 15 is 8.78 Å². The highest BCUT2D eigenvalue weighted by atomic mass is 19.3. The van der Waals surface area contributed by atoms with Gasteiger partial charge in [0.2, 0.25) is 11.8 Å². The number of hydrogen-bond donors (Lipinski definition) is 1. The maximum atomic E-state index is 15.2. The van der Waals surface area contributed by atoms with Gasteiger partial charge in [-0.15, -0.1) is 0 Å². The molecule has 0 radical (unpaired) electrons. The third-order valence-corrected chi connectivity index (χ3v) is 9.77. The van der Waals surface area contributed by atoms with E-state index in [1.54, 1.807) is 17.0 Å². The number of piperidine rings is 1. The van der Waals surface area contributed by atoms with Gasteiger partial charge in [0.15, 0.2) is 6.10 Å². The summed E-state index contributed by atoms with van der Waals surface area (Å²) in [5.74, 6) is -2.49. The molecule has 3 amide bonds. The molecule has 5 aliphatic heterocycles. The molecule has 45 heavy (non-hydrogen) atoms. The molecule has 4 atom stereocenters. The SMILES string of the molecule is O=C1CC[C@H](N2Cc3cc(O[C@@H]4CN(Cc5ccc6nc(N7C[C@@H]8CCO[C@@H]8C7)ccc6c5)CC4(F)F)ccc3C2=O)C(=O)N1. The minimum absolute atomic E-state index is 0.0417. The molecule has 0 saturated carbocycles. The topological polar surface area (TPSA) is 104 Å². The zero-order valence-corrected chi connectivity index (χ0v) is 24.6. The molecule has 4 fully saturated rings. The maximum absolute atomic E-state index is 15.2. The lowest BCUT2D eigenvalue weighted by atomic mass is 10.0. The van der Waals surface area contributed by atoms with Gasteiger partial charge in [-0.25, -0.2) is 13.8 Å². The maximum Gasteiger partial charge on any atom is 0.297 e. The Bertz CT molecular complexity index is 1710. The summed E-state index contributed by atoms with van der Waals surface area (Å²) in [5, 5.41) is 3.24. The first-order valence-electron chi connectivity index (χ1n) is 15.5. The Hall–Kier alpha value is -4.16. The molecule has 234 valence electrons. The van der Waals surface area contributed by atoms with Crippen LogP contribution >= 0.6 is 0 Å². The second kappa shape index (κ2) is 10.7. The second-order valence-electron chi connectivity index (χ2n) is 12.8.